The van der Waals surface area contributed by atoms with Gasteiger partial charge in [0.2, 0.25) is 0 Å². The number of hydrogen-bond donors (Lipinski definition) is 0. The van der Waals surface area contributed by atoms with Gasteiger partial charge in [-0.05, 0) is 35.7 Å². The van der Waals surface area contributed by atoms with E-state index in [4.69, 9.17) is 14.2 Å². The molecule has 5 rings (SSSR count). The van der Waals surface area contributed by atoms with Crippen molar-refractivity contribution in [2.75, 3.05) is 39.5 Å². The zero-order chi connectivity index (χ0) is 24.9. The van der Waals surface area contributed by atoms with Crippen LogP contribution in [0.2, 0.25) is 0 Å². The Kier molecular flexibility index (Phi) is 7.53. The number of para-hydroxylation sites is 1. The highest BCUT2D eigenvalue weighted by atomic mass is 16.6. The van der Waals surface area contributed by atoms with E-state index in [0.717, 1.165) is 41.4 Å². The molecule has 0 saturated carbocycles. The van der Waals surface area contributed by atoms with Gasteiger partial charge in [-0.15, -0.1) is 0 Å². The molecule has 0 spiro atoms. The Hall–Kier alpha value is -3.36. The smallest absolute Gasteiger partial charge is 0.253 e. The zero-order valence-electron chi connectivity index (χ0n) is 21.0. The van der Waals surface area contributed by atoms with Crippen molar-refractivity contribution in [1.29, 1.82) is 0 Å². The number of carbonyl (C=O) groups excluding carboxylic acids is 1. The molecule has 36 heavy (non-hydrogen) atoms. The molecule has 2 aromatic carbocycles. The van der Waals surface area contributed by atoms with Crippen LogP contribution in [0.1, 0.15) is 25.0 Å². The predicted molar refractivity (Wildman–Crippen MR) is 136 cm³/mol. The molecule has 1 amide bonds. The average molecular weight is 491 g/mol. The Morgan fingerprint density at radius 2 is 1.86 bits per heavy atom. The number of aromatic nitrogens is 2. The predicted octanol–water partition coefficient (Wildman–Crippen LogP) is 3.53. The Bertz CT molecular complexity index is 1160. The lowest BCUT2D eigenvalue weighted by Crippen LogP contribution is -2.51. The Morgan fingerprint density at radius 3 is 2.67 bits per heavy atom. The molecule has 1 atom stereocenters. The van der Waals surface area contributed by atoms with Crippen LogP contribution >= 0.6 is 0 Å². The molecule has 1 unspecified atom stereocenters. The first-order valence-corrected chi connectivity index (χ1v) is 12.7. The van der Waals surface area contributed by atoms with E-state index in [2.05, 4.69) is 30.0 Å². The first-order chi connectivity index (χ1) is 17.5. The second kappa shape index (κ2) is 11.1. The van der Waals surface area contributed by atoms with E-state index >= 15 is 0 Å². The van der Waals surface area contributed by atoms with E-state index in [0.29, 0.717) is 45.4 Å². The maximum Gasteiger partial charge on any atom is 0.253 e. The van der Waals surface area contributed by atoms with Crippen LogP contribution in [0.15, 0.2) is 60.9 Å². The minimum atomic E-state index is -0.487. The van der Waals surface area contributed by atoms with Crippen LogP contribution in [0.4, 0.5) is 0 Å². The molecule has 0 N–H and O–H groups in total. The molecular weight excluding hydrogens is 456 g/mol. The second-order valence-electron chi connectivity index (χ2n) is 9.81. The van der Waals surface area contributed by atoms with Gasteiger partial charge in [-0.3, -0.25) is 9.69 Å². The minimum absolute atomic E-state index is 0.0308. The zero-order valence-corrected chi connectivity index (χ0v) is 21.0. The molecule has 0 radical (unpaired) electrons. The van der Waals surface area contributed by atoms with Crippen LogP contribution in [0.5, 0.6) is 11.5 Å². The van der Waals surface area contributed by atoms with Crippen molar-refractivity contribution in [3.05, 3.63) is 72.1 Å². The van der Waals surface area contributed by atoms with E-state index in [1.807, 2.05) is 64.3 Å². The number of amides is 1. The van der Waals surface area contributed by atoms with Crippen LogP contribution < -0.4 is 9.47 Å². The van der Waals surface area contributed by atoms with Crippen LogP contribution in [0.25, 0.3) is 5.69 Å². The molecule has 8 nitrogen and oxygen atoms in total. The molecule has 1 aromatic heterocycles. The van der Waals surface area contributed by atoms with Crippen LogP contribution in [-0.2, 0) is 22.6 Å². The van der Waals surface area contributed by atoms with Crippen molar-refractivity contribution in [2.45, 2.75) is 33.0 Å². The number of benzene rings is 2. The van der Waals surface area contributed by atoms with Gasteiger partial charge in [-0.2, -0.15) is 5.10 Å². The summed E-state index contributed by atoms with van der Waals surface area (Å²) < 4.78 is 19.2. The first kappa shape index (κ1) is 24.3. The molecule has 1 saturated heterocycles. The van der Waals surface area contributed by atoms with Gasteiger partial charge < -0.3 is 19.1 Å². The quantitative estimate of drug-likeness (QED) is 0.481. The lowest BCUT2D eigenvalue weighted by atomic mass is 10.1. The third-order valence-electron chi connectivity index (χ3n) is 6.37. The number of hydrogen-bond acceptors (Lipinski definition) is 6. The summed E-state index contributed by atoms with van der Waals surface area (Å²) in [6, 6.07) is 16.0. The maximum absolute atomic E-state index is 13.6. The molecule has 3 heterocycles. The van der Waals surface area contributed by atoms with Crippen molar-refractivity contribution in [1.82, 2.24) is 19.6 Å². The standard InChI is InChI=1S/C28H34N4O4/c1-21(2)16-31(18-22-8-9-25-26(14-22)36-13-12-35-25)28(33)27-20-30(10-11-34-27)17-23-15-29-32(19-23)24-6-4-3-5-7-24/h3-9,14-15,19,21,27H,10-13,16-18,20H2,1-2H3. The monoisotopic (exact) mass is 490 g/mol. The molecule has 1 fully saturated rings. The van der Waals surface area contributed by atoms with Crippen molar-refractivity contribution < 1.29 is 19.0 Å². The number of carbonyl (C=O) groups is 1. The molecule has 8 heteroatoms. The normalized spacial score (nSPS) is 17.8. The van der Waals surface area contributed by atoms with E-state index in [-0.39, 0.29) is 5.91 Å². The number of ether oxygens (including phenoxy) is 3. The van der Waals surface area contributed by atoms with E-state index in [1.54, 1.807) is 0 Å². The molecule has 190 valence electrons. The molecule has 2 aliphatic rings. The van der Waals surface area contributed by atoms with E-state index in [9.17, 15) is 4.79 Å². The van der Waals surface area contributed by atoms with Crippen LogP contribution in [0, 0.1) is 5.92 Å². The lowest BCUT2D eigenvalue weighted by Gasteiger charge is -2.35. The van der Waals surface area contributed by atoms with Crippen molar-refractivity contribution >= 4 is 5.91 Å². The van der Waals surface area contributed by atoms with Crippen LogP contribution in [-0.4, -0.2) is 71.0 Å². The average Bonchev–Trinajstić information content (AvgIpc) is 3.37. The molecular formula is C28H34N4O4. The van der Waals surface area contributed by atoms with Crippen LogP contribution in [0.3, 0.4) is 0 Å². The lowest BCUT2D eigenvalue weighted by molar-refractivity contribution is -0.151. The first-order valence-electron chi connectivity index (χ1n) is 12.7. The summed E-state index contributed by atoms with van der Waals surface area (Å²) in [4.78, 5) is 17.8. The highest BCUT2D eigenvalue weighted by Crippen LogP contribution is 2.31. The fraction of sp³-hybridized carbons (Fsp3) is 0.429. The van der Waals surface area contributed by atoms with Crippen molar-refractivity contribution in [2.24, 2.45) is 5.92 Å². The Morgan fingerprint density at radius 1 is 1.06 bits per heavy atom. The fourth-order valence-electron chi connectivity index (χ4n) is 4.70. The van der Waals surface area contributed by atoms with Gasteiger partial charge >= 0.3 is 0 Å². The summed E-state index contributed by atoms with van der Waals surface area (Å²) in [6.07, 6.45) is 3.46. The van der Waals surface area contributed by atoms with Gasteiger partial charge in [-0.25, -0.2) is 4.68 Å². The SMILES string of the molecule is CC(C)CN(Cc1ccc2c(c1)OCCO2)C(=O)C1CN(Cc2cnn(-c3ccccc3)c2)CCO1. The third-order valence-corrected chi connectivity index (χ3v) is 6.37. The highest BCUT2D eigenvalue weighted by molar-refractivity contribution is 5.81. The Labute approximate surface area is 212 Å². The van der Waals surface area contributed by atoms with Gasteiger partial charge in [0.15, 0.2) is 11.5 Å². The summed E-state index contributed by atoms with van der Waals surface area (Å²) in [5.74, 6) is 1.87. The van der Waals surface area contributed by atoms with E-state index in [1.165, 1.54) is 0 Å². The number of fused-ring (bicyclic) bond motifs is 1. The summed E-state index contributed by atoms with van der Waals surface area (Å²) in [5, 5.41) is 4.51. The van der Waals surface area contributed by atoms with E-state index < -0.39 is 6.10 Å². The number of morpholine rings is 1. The molecule has 0 aliphatic carbocycles. The molecule has 2 aliphatic heterocycles. The largest absolute Gasteiger partial charge is 0.486 e. The maximum atomic E-state index is 13.6. The topological polar surface area (TPSA) is 69.1 Å². The van der Waals surface area contributed by atoms with Gasteiger partial charge in [0, 0.05) is 44.5 Å². The minimum Gasteiger partial charge on any atom is -0.486 e. The second-order valence-corrected chi connectivity index (χ2v) is 9.81. The summed E-state index contributed by atoms with van der Waals surface area (Å²) >= 11 is 0. The van der Waals surface area contributed by atoms with Gasteiger partial charge in [0.05, 0.1) is 18.5 Å². The van der Waals surface area contributed by atoms with Crippen molar-refractivity contribution in [3.63, 3.8) is 0 Å². The van der Waals surface area contributed by atoms with Gasteiger partial charge in [0.25, 0.3) is 5.91 Å². The summed E-state index contributed by atoms with van der Waals surface area (Å²) in [6.45, 7) is 9.14. The Balaban J connectivity index is 1.24. The third kappa shape index (κ3) is 5.88. The van der Waals surface area contributed by atoms with Gasteiger partial charge in [-0.1, -0.05) is 38.1 Å². The fourth-order valence-corrected chi connectivity index (χ4v) is 4.70. The summed E-state index contributed by atoms with van der Waals surface area (Å²) in [5.41, 5.74) is 3.17. The number of rotatable bonds is 8. The number of nitrogens with zero attached hydrogens (tertiary/aromatic N) is 4. The molecule has 0 bridgehead atoms. The highest BCUT2D eigenvalue weighted by Gasteiger charge is 2.31. The summed E-state index contributed by atoms with van der Waals surface area (Å²) in [7, 11) is 0. The molecule has 3 aromatic rings. The van der Waals surface area contributed by atoms with Gasteiger partial charge in [0.1, 0.15) is 19.3 Å². The van der Waals surface area contributed by atoms with Crippen molar-refractivity contribution in [3.8, 4) is 17.2 Å².